The number of carboxylic acid groups (broad SMARTS) is 2. The van der Waals surface area contributed by atoms with Crippen LogP contribution < -0.4 is 0 Å². The summed E-state index contributed by atoms with van der Waals surface area (Å²) < 4.78 is 0. The molecule has 0 aliphatic heterocycles. The summed E-state index contributed by atoms with van der Waals surface area (Å²) in [5.41, 5.74) is 0.00550. The van der Waals surface area contributed by atoms with Crippen molar-refractivity contribution >= 4 is 11.9 Å². The molecular formula is C19H17NO4. The second-order valence-corrected chi connectivity index (χ2v) is 4.35. The normalized spacial score (nSPS) is 8.67. The van der Waals surface area contributed by atoms with Crippen LogP contribution in [0.4, 0.5) is 0 Å². The van der Waals surface area contributed by atoms with Gasteiger partial charge in [0.2, 0.25) is 0 Å². The van der Waals surface area contributed by atoms with Crippen molar-refractivity contribution in [2.24, 2.45) is 0 Å². The third kappa shape index (κ3) is 8.09. The van der Waals surface area contributed by atoms with Crippen LogP contribution in [0.1, 0.15) is 20.8 Å². The molecule has 0 unspecified atom stereocenters. The van der Waals surface area contributed by atoms with E-state index < -0.39 is 11.9 Å². The lowest BCUT2D eigenvalue weighted by atomic mass is 10.2. The fourth-order valence-corrected chi connectivity index (χ4v) is 1.45. The first-order valence-electron chi connectivity index (χ1n) is 7.04. The van der Waals surface area contributed by atoms with Crippen molar-refractivity contribution in [2.75, 3.05) is 0 Å². The molecular weight excluding hydrogens is 306 g/mol. The molecule has 0 fully saturated rings. The maximum atomic E-state index is 11.1. The summed E-state index contributed by atoms with van der Waals surface area (Å²) in [6, 6.07) is 22.5. The molecule has 0 saturated carbocycles. The first-order chi connectivity index (χ1) is 11.6. The molecule has 1 heterocycles. The van der Waals surface area contributed by atoms with E-state index in [-0.39, 0.29) is 11.3 Å². The average Bonchev–Trinajstić information content (AvgIpc) is 2.54. The van der Waals surface area contributed by atoms with Crippen LogP contribution in [0.5, 0.6) is 0 Å². The zero-order valence-electron chi connectivity index (χ0n) is 12.8. The zero-order chi connectivity index (χ0) is 17.6. The maximum Gasteiger partial charge on any atom is 0.354 e. The number of carbonyl (C=O) groups is 2. The minimum atomic E-state index is -1.14. The summed E-state index contributed by atoms with van der Waals surface area (Å²) in [7, 11) is 0. The van der Waals surface area contributed by atoms with Gasteiger partial charge in [-0.15, -0.1) is 0 Å². The summed E-state index contributed by atoms with van der Waals surface area (Å²) in [5, 5.41) is 18.1. The molecule has 0 aromatic carbocycles. The van der Waals surface area contributed by atoms with Gasteiger partial charge in [0.15, 0.2) is 0 Å². The molecule has 0 atom stereocenters. The smallest absolute Gasteiger partial charge is 0.354 e. The van der Waals surface area contributed by atoms with Gasteiger partial charge >= 0.3 is 11.9 Å². The maximum absolute atomic E-state index is 11.1. The molecule has 0 aliphatic rings. The molecule has 5 heteroatoms. The Morgan fingerprint density at radius 3 is 1.58 bits per heavy atom. The molecule has 0 amide bonds. The monoisotopic (exact) mass is 323 g/mol. The van der Waals surface area contributed by atoms with Crippen LogP contribution in [0.3, 0.4) is 0 Å². The Labute approximate surface area is 139 Å². The van der Waals surface area contributed by atoms with Crippen molar-refractivity contribution < 1.29 is 19.8 Å². The predicted octanol–water partition coefficient (Wildman–Crippen LogP) is 3.85. The third-order valence-electron chi connectivity index (χ3n) is 2.57. The van der Waals surface area contributed by atoms with Crippen LogP contribution in [-0.2, 0) is 0 Å². The van der Waals surface area contributed by atoms with Crippen LogP contribution in [0.25, 0.3) is 0 Å². The second-order valence-electron chi connectivity index (χ2n) is 4.35. The molecule has 0 bridgehead atoms. The molecule has 1 aromatic heterocycles. The molecule has 1 aromatic rings. The Bertz CT molecular complexity index is 694. The van der Waals surface area contributed by atoms with Crippen molar-refractivity contribution in [2.45, 2.75) is 0 Å². The van der Waals surface area contributed by atoms with Crippen LogP contribution in [0.2, 0.25) is 0 Å². The van der Waals surface area contributed by atoms with Gasteiger partial charge in [0.25, 0.3) is 0 Å². The molecule has 24 heavy (non-hydrogen) atoms. The van der Waals surface area contributed by atoms with Crippen LogP contribution in [0, 0.1) is 0 Å². The fourth-order valence-electron chi connectivity index (χ4n) is 1.45. The Balaban J connectivity index is 3.42. The van der Waals surface area contributed by atoms with Crippen molar-refractivity contribution in [3.05, 3.63) is 102 Å². The number of aromatic carboxylic acids is 2. The lowest BCUT2D eigenvalue weighted by Gasteiger charge is -1.86. The third-order valence-corrected chi connectivity index (χ3v) is 2.57. The molecule has 0 aliphatic carbocycles. The standard InChI is InChI=1S/C19H17NO4/c21-18(22)16-12-8-5-3-1-2-4-6-10-14-17(19(23)24)20-15-11-7-9-13-16/h1-15H,(H,21,22)(H,23,24). The highest BCUT2D eigenvalue weighted by Crippen LogP contribution is 1.93. The zero-order valence-corrected chi connectivity index (χ0v) is 12.8. The molecule has 0 saturated heterocycles. The second kappa shape index (κ2) is 11.1. The Kier molecular flexibility index (Phi) is 8.63. The van der Waals surface area contributed by atoms with Gasteiger partial charge in [0.1, 0.15) is 5.69 Å². The van der Waals surface area contributed by atoms with E-state index in [1.807, 2.05) is 0 Å². The van der Waals surface area contributed by atoms with Gasteiger partial charge in [-0.2, -0.15) is 0 Å². The van der Waals surface area contributed by atoms with Crippen LogP contribution >= 0.6 is 0 Å². The van der Waals surface area contributed by atoms with E-state index in [1.165, 1.54) is 36.5 Å². The van der Waals surface area contributed by atoms with Crippen LogP contribution in [0.15, 0.2) is 91.1 Å². The molecule has 0 spiro atoms. The van der Waals surface area contributed by atoms with Crippen molar-refractivity contribution in [3.8, 4) is 0 Å². The Morgan fingerprint density at radius 2 is 1.08 bits per heavy atom. The number of aromatic nitrogens is 1. The van der Waals surface area contributed by atoms with Gasteiger partial charge in [0, 0.05) is 6.20 Å². The van der Waals surface area contributed by atoms with Crippen molar-refractivity contribution in [1.82, 2.24) is 4.98 Å². The lowest BCUT2D eigenvalue weighted by Crippen LogP contribution is -1.96. The SMILES string of the molecule is O=C(O)c1ccccccccccc(C(=O)O)nccccc1. The lowest BCUT2D eigenvalue weighted by molar-refractivity contribution is 0.0682. The largest absolute Gasteiger partial charge is 0.478 e. The van der Waals surface area contributed by atoms with Gasteiger partial charge < -0.3 is 10.2 Å². The molecule has 5 nitrogen and oxygen atoms in total. The van der Waals surface area contributed by atoms with Gasteiger partial charge in [-0.25, -0.2) is 14.6 Å². The highest BCUT2D eigenvalue weighted by atomic mass is 16.4. The van der Waals surface area contributed by atoms with Crippen LogP contribution in [-0.4, -0.2) is 27.1 Å². The summed E-state index contributed by atoms with van der Waals surface area (Å²) in [6.45, 7) is 0. The predicted molar refractivity (Wildman–Crippen MR) is 91.0 cm³/mol. The van der Waals surface area contributed by atoms with Gasteiger partial charge in [0.05, 0.1) is 5.56 Å². The molecule has 0 radical (unpaired) electrons. The Hall–Kier alpha value is -3.47. The summed E-state index contributed by atoms with van der Waals surface area (Å²) in [6.07, 6.45) is 1.32. The minimum absolute atomic E-state index is 0.112. The highest BCUT2D eigenvalue weighted by molar-refractivity contribution is 5.87. The van der Waals surface area contributed by atoms with E-state index in [0.717, 1.165) is 0 Å². The van der Waals surface area contributed by atoms with E-state index >= 15 is 0 Å². The van der Waals surface area contributed by atoms with E-state index in [2.05, 4.69) is 4.98 Å². The van der Waals surface area contributed by atoms with E-state index in [9.17, 15) is 9.59 Å². The van der Waals surface area contributed by atoms with Gasteiger partial charge in [-0.1, -0.05) is 60.7 Å². The summed E-state index contributed by atoms with van der Waals surface area (Å²) >= 11 is 0. The first kappa shape index (κ1) is 18.6. The fraction of sp³-hybridized carbons (Fsp3) is 0. The average molecular weight is 323 g/mol. The quantitative estimate of drug-likeness (QED) is 0.863. The number of hydrogen-bond donors (Lipinski definition) is 2. The topological polar surface area (TPSA) is 87.5 Å². The molecule has 2 N–H and O–H groups in total. The van der Waals surface area contributed by atoms with E-state index in [0.29, 0.717) is 0 Å². The van der Waals surface area contributed by atoms with Crippen molar-refractivity contribution in [3.63, 3.8) is 0 Å². The van der Waals surface area contributed by atoms with E-state index in [4.69, 9.17) is 10.2 Å². The number of rotatable bonds is 2. The summed E-state index contributed by atoms with van der Waals surface area (Å²) in [5.74, 6) is -2.18. The minimum Gasteiger partial charge on any atom is -0.478 e. The Morgan fingerprint density at radius 1 is 0.625 bits per heavy atom. The van der Waals surface area contributed by atoms with Crippen molar-refractivity contribution in [1.29, 1.82) is 0 Å². The number of nitrogens with zero attached hydrogens (tertiary/aromatic N) is 1. The number of carboxylic acids is 2. The van der Waals surface area contributed by atoms with Gasteiger partial charge in [-0.3, -0.25) is 0 Å². The highest BCUT2D eigenvalue weighted by Gasteiger charge is 1.98. The number of hydrogen-bond acceptors (Lipinski definition) is 3. The van der Waals surface area contributed by atoms with Gasteiger partial charge in [-0.05, 0) is 24.3 Å². The summed E-state index contributed by atoms with van der Waals surface area (Å²) in [4.78, 5) is 25.9. The molecule has 122 valence electrons. The molecule has 1 rings (SSSR count). The van der Waals surface area contributed by atoms with E-state index in [1.54, 1.807) is 54.6 Å². The first-order valence-corrected chi connectivity index (χ1v) is 7.04.